The molecule has 31 heavy (non-hydrogen) atoms. The van der Waals surface area contributed by atoms with Crippen molar-refractivity contribution in [3.63, 3.8) is 0 Å². The lowest BCUT2D eigenvalue weighted by Crippen LogP contribution is -2.12. The maximum absolute atomic E-state index is 11.5. The number of nitrogens with zero attached hydrogens (tertiary/aromatic N) is 4. The molecule has 0 saturated carbocycles. The van der Waals surface area contributed by atoms with Crippen molar-refractivity contribution in [1.29, 1.82) is 0 Å². The van der Waals surface area contributed by atoms with E-state index in [2.05, 4.69) is 32.7 Å². The molecule has 0 bridgehead atoms. The largest absolute Gasteiger partial charge is 0.493 e. The van der Waals surface area contributed by atoms with E-state index in [1.807, 2.05) is 41.8 Å². The van der Waals surface area contributed by atoms with Gasteiger partial charge < -0.3 is 9.47 Å². The van der Waals surface area contributed by atoms with Crippen molar-refractivity contribution in [3.05, 3.63) is 81.1 Å². The molecule has 0 N–H and O–H groups in total. The van der Waals surface area contributed by atoms with Crippen LogP contribution in [0.1, 0.15) is 16.6 Å². The van der Waals surface area contributed by atoms with Gasteiger partial charge in [0.25, 0.3) is 0 Å². The van der Waals surface area contributed by atoms with Gasteiger partial charge in [-0.15, -0.1) is 10.2 Å². The lowest BCUT2D eigenvalue weighted by atomic mass is 10.1. The van der Waals surface area contributed by atoms with Crippen LogP contribution in [0.4, 0.5) is 0 Å². The second kappa shape index (κ2) is 10.5. The molecule has 0 fully saturated rings. The van der Waals surface area contributed by atoms with Crippen LogP contribution >= 0.6 is 27.7 Å². The van der Waals surface area contributed by atoms with E-state index < -0.39 is 5.25 Å². The molecule has 0 aliphatic rings. The van der Waals surface area contributed by atoms with Crippen LogP contribution in [-0.4, -0.2) is 39.9 Å². The molecule has 3 rings (SSSR count). The number of methoxy groups -OCH3 is 1. The number of benzene rings is 2. The number of para-hydroxylation sites is 1. The summed E-state index contributed by atoms with van der Waals surface area (Å²) < 4.78 is 13.6. The molecule has 1 heterocycles. The highest BCUT2D eigenvalue weighted by atomic mass is 79.9. The third-order valence-corrected chi connectivity index (χ3v) is 6.11. The fourth-order valence-electron chi connectivity index (χ4n) is 2.97. The lowest BCUT2D eigenvalue weighted by molar-refractivity contribution is -0.479. The van der Waals surface area contributed by atoms with Crippen molar-refractivity contribution in [2.24, 2.45) is 0 Å². The number of thioether (sulfide) groups is 1. The van der Waals surface area contributed by atoms with E-state index in [0.29, 0.717) is 39.1 Å². The van der Waals surface area contributed by atoms with Gasteiger partial charge in [0.2, 0.25) is 6.54 Å². The first-order valence-electron chi connectivity index (χ1n) is 9.31. The number of rotatable bonds is 10. The zero-order valence-electron chi connectivity index (χ0n) is 17.0. The second-order valence-electron chi connectivity index (χ2n) is 6.46. The highest BCUT2D eigenvalue weighted by Crippen LogP contribution is 2.43. The molecule has 2 aromatic carbocycles. The molecule has 3 aromatic rings. The van der Waals surface area contributed by atoms with Gasteiger partial charge >= 0.3 is 0 Å². The third kappa shape index (κ3) is 5.45. The minimum Gasteiger partial charge on any atom is -0.493 e. The number of hydrogen-bond donors (Lipinski definition) is 0. The molecule has 0 radical (unpaired) electrons. The third-order valence-electron chi connectivity index (χ3n) is 4.34. The Balaban J connectivity index is 2.00. The number of aryl methyl sites for hydroxylation is 1. The fraction of sp³-hybridized carbons (Fsp3) is 0.238. The maximum Gasteiger partial charge on any atom is 0.220 e. The van der Waals surface area contributed by atoms with Gasteiger partial charge in [-0.3, -0.25) is 14.7 Å². The highest BCUT2D eigenvalue weighted by Gasteiger charge is 2.26. The number of halogens is 1. The van der Waals surface area contributed by atoms with Crippen LogP contribution in [0.15, 0.2) is 64.7 Å². The average Bonchev–Trinajstić information content (AvgIpc) is 3.12. The Kier molecular flexibility index (Phi) is 7.69. The summed E-state index contributed by atoms with van der Waals surface area (Å²) in [7, 11) is 1.53. The predicted molar refractivity (Wildman–Crippen MR) is 123 cm³/mol. The summed E-state index contributed by atoms with van der Waals surface area (Å²) >= 11 is 4.77. The Morgan fingerprint density at radius 2 is 2.06 bits per heavy atom. The molecule has 162 valence electrons. The molecular formula is C21H21BrN4O4S. The van der Waals surface area contributed by atoms with Crippen LogP contribution in [0.3, 0.4) is 0 Å². The van der Waals surface area contributed by atoms with Crippen molar-refractivity contribution in [2.75, 3.05) is 20.3 Å². The number of hydrogen-bond acceptors (Lipinski definition) is 7. The van der Waals surface area contributed by atoms with E-state index in [-0.39, 0.29) is 11.5 Å². The summed E-state index contributed by atoms with van der Waals surface area (Å²) in [4.78, 5) is 11.1. The maximum atomic E-state index is 11.5. The van der Waals surface area contributed by atoms with Crippen molar-refractivity contribution in [2.45, 2.75) is 17.3 Å². The Bertz CT molecular complexity index is 1070. The predicted octanol–water partition coefficient (Wildman–Crippen LogP) is 5.02. The molecule has 0 aliphatic carbocycles. The van der Waals surface area contributed by atoms with Crippen LogP contribution in [-0.2, 0) is 0 Å². The first kappa shape index (κ1) is 22.8. The Morgan fingerprint density at radius 1 is 1.32 bits per heavy atom. The van der Waals surface area contributed by atoms with Crippen LogP contribution in [0.25, 0.3) is 5.69 Å². The first-order valence-corrected chi connectivity index (χ1v) is 11.0. The monoisotopic (exact) mass is 504 g/mol. The SMILES string of the molecule is C=CCOc1c(Br)cc([C@H](C[N+](=O)[O-])Sc2nnc(C)n2-c2ccccc2)cc1OC. The van der Waals surface area contributed by atoms with Gasteiger partial charge in [0, 0.05) is 10.6 Å². The molecular weight excluding hydrogens is 484 g/mol. The molecule has 0 aliphatic heterocycles. The summed E-state index contributed by atoms with van der Waals surface area (Å²) in [6.45, 7) is 5.50. The molecule has 1 atom stereocenters. The molecule has 0 spiro atoms. The standard InChI is InChI=1S/C21H21BrN4O4S/c1-4-10-30-20-17(22)11-15(12-18(20)29-3)19(13-25(27)28)31-21-24-23-14(2)26(21)16-8-6-5-7-9-16/h4-9,11-12,19H,1,10,13H2,2-3H3/t19-/m0/s1. The van der Waals surface area contributed by atoms with Gasteiger partial charge in [-0.25, -0.2) is 0 Å². The summed E-state index contributed by atoms with van der Waals surface area (Å²) in [6.07, 6.45) is 1.63. The van der Waals surface area contributed by atoms with Gasteiger partial charge in [0.15, 0.2) is 16.7 Å². The van der Waals surface area contributed by atoms with Crippen LogP contribution in [0, 0.1) is 17.0 Å². The number of ether oxygens (including phenoxy) is 2. The second-order valence-corrected chi connectivity index (χ2v) is 8.48. The molecule has 10 heteroatoms. The molecule has 0 unspecified atom stereocenters. The fourth-order valence-corrected chi connectivity index (χ4v) is 4.70. The van der Waals surface area contributed by atoms with Crippen LogP contribution in [0.5, 0.6) is 11.5 Å². The highest BCUT2D eigenvalue weighted by molar-refractivity contribution is 9.10. The zero-order chi connectivity index (χ0) is 22.4. The van der Waals surface area contributed by atoms with Crippen molar-refractivity contribution >= 4 is 27.7 Å². The quantitative estimate of drug-likeness (QED) is 0.165. The van der Waals surface area contributed by atoms with E-state index in [1.165, 1.54) is 18.9 Å². The van der Waals surface area contributed by atoms with E-state index in [9.17, 15) is 10.1 Å². The number of nitro groups is 1. The smallest absolute Gasteiger partial charge is 0.220 e. The first-order chi connectivity index (χ1) is 14.9. The zero-order valence-corrected chi connectivity index (χ0v) is 19.4. The molecule has 8 nitrogen and oxygen atoms in total. The molecule has 1 aromatic heterocycles. The van der Waals surface area contributed by atoms with Gasteiger partial charge in [-0.2, -0.15) is 0 Å². The van der Waals surface area contributed by atoms with Gasteiger partial charge in [0.1, 0.15) is 17.7 Å². The Labute approximate surface area is 192 Å². The lowest BCUT2D eigenvalue weighted by Gasteiger charge is -2.18. The summed E-state index contributed by atoms with van der Waals surface area (Å²) in [5.74, 6) is 1.68. The Hall–Kier alpha value is -2.85. The van der Waals surface area contributed by atoms with Gasteiger partial charge in [-0.1, -0.05) is 42.6 Å². The van der Waals surface area contributed by atoms with Crippen molar-refractivity contribution in [1.82, 2.24) is 14.8 Å². The minimum atomic E-state index is -0.528. The molecule has 0 amide bonds. The minimum absolute atomic E-state index is 0.298. The van der Waals surface area contributed by atoms with Gasteiger partial charge in [0.05, 0.1) is 11.6 Å². The van der Waals surface area contributed by atoms with Crippen molar-refractivity contribution < 1.29 is 14.4 Å². The summed E-state index contributed by atoms with van der Waals surface area (Å²) in [5.41, 5.74) is 1.59. The van der Waals surface area contributed by atoms with E-state index in [0.717, 1.165) is 5.69 Å². The Morgan fingerprint density at radius 3 is 2.71 bits per heavy atom. The van der Waals surface area contributed by atoms with Crippen LogP contribution in [0.2, 0.25) is 0 Å². The van der Waals surface area contributed by atoms with Crippen molar-refractivity contribution in [3.8, 4) is 17.2 Å². The van der Waals surface area contributed by atoms with E-state index in [4.69, 9.17) is 9.47 Å². The topological polar surface area (TPSA) is 92.3 Å². The van der Waals surface area contributed by atoms with Gasteiger partial charge in [-0.05, 0) is 52.7 Å². The number of aromatic nitrogens is 3. The van der Waals surface area contributed by atoms with E-state index >= 15 is 0 Å². The van der Waals surface area contributed by atoms with E-state index in [1.54, 1.807) is 18.2 Å². The van der Waals surface area contributed by atoms with Crippen LogP contribution < -0.4 is 9.47 Å². The average molecular weight is 505 g/mol. The summed E-state index contributed by atoms with van der Waals surface area (Å²) in [6, 6.07) is 13.2. The normalized spacial score (nSPS) is 11.7. The molecule has 0 saturated heterocycles. The summed E-state index contributed by atoms with van der Waals surface area (Å²) in [5, 5.41) is 19.9.